The smallest absolute Gasteiger partial charge is 0.223 e. The average Bonchev–Trinajstić information content (AvgIpc) is 3.26. The number of carbonyl (C=O) groups is 1. The zero-order valence-corrected chi connectivity index (χ0v) is 13.1. The van der Waals surface area contributed by atoms with Gasteiger partial charge in [-0.3, -0.25) is 4.79 Å². The summed E-state index contributed by atoms with van der Waals surface area (Å²) in [5, 5.41) is 13.2. The largest absolute Gasteiger partial charge is 0.393 e. The van der Waals surface area contributed by atoms with Gasteiger partial charge in [-0.25, -0.2) is 0 Å². The summed E-state index contributed by atoms with van der Waals surface area (Å²) in [5.74, 6) is 0.923. The van der Waals surface area contributed by atoms with Crippen molar-refractivity contribution < 1.29 is 9.90 Å². The number of rotatable bonds is 8. The molecule has 0 heterocycles. The molecule has 116 valence electrons. The number of aryl methyl sites for hydroxylation is 1. The highest BCUT2D eigenvalue weighted by molar-refractivity contribution is 5.81. The zero-order chi connectivity index (χ0) is 15.2. The van der Waals surface area contributed by atoms with Crippen molar-refractivity contribution in [2.75, 3.05) is 6.54 Å². The number of hydrogen-bond donors (Lipinski definition) is 2. The molecule has 3 atom stereocenters. The molecule has 0 aliphatic heterocycles. The Hall–Kier alpha value is -1.35. The van der Waals surface area contributed by atoms with E-state index >= 15 is 0 Å². The van der Waals surface area contributed by atoms with Gasteiger partial charge in [0.2, 0.25) is 5.91 Å². The molecule has 0 radical (unpaired) electrons. The molecule has 1 aromatic carbocycles. The Labute approximate surface area is 127 Å². The lowest BCUT2D eigenvalue weighted by atomic mass is 10.0. The maximum absolute atomic E-state index is 12.0. The van der Waals surface area contributed by atoms with Crippen LogP contribution in [-0.2, 0) is 11.2 Å². The molecule has 1 saturated carbocycles. The standard InChI is InChI=1S/C18H27NO2/c1-13(2)10-11-19-18(21)16-12-15(16)17(20)9-8-14-6-4-3-5-7-14/h3-7,13,15-17,20H,8-12H2,1-2H3,(H,19,21). The van der Waals surface area contributed by atoms with Crippen molar-refractivity contribution in [3.05, 3.63) is 35.9 Å². The number of aliphatic hydroxyl groups is 1. The number of carbonyl (C=O) groups excluding carboxylic acids is 1. The zero-order valence-electron chi connectivity index (χ0n) is 13.1. The highest BCUT2D eigenvalue weighted by Gasteiger charge is 2.46. The molecule has 0 bridgehead atoms. The Morgan fingerprint density at radius 1 is 1.29 bits per heavy atom. The summed E-state index contributed by atoms with van der Waals surface area (Å²) in [6, 6.07) is 10.2. The molecule has 1 aromatic rings. The Balaban J connectivity index is 1.66. The minimum absolute atomic E-state index is 0.0305. The molecule has 2 rings (SSSR count). The molecule has 1 fully saturated rings. The first-order valence-electron chi connectivity index (χ1n) is 8.07. The van der Waals surface area contributed by atoms with Crippen LogP contribution in [0.5, 0.6) is 0 Å². The monoisotopic (exact) mass is 289 g/mol. The van der Waals surface area contributed by atoms with Crippen LogP contribution in [0.1, 0.15) is 38.7 Å². The lowest BCUT2D eigenvalue weighted by Gasteiger charge is -2.11. The van der Waals surface area contributed by atoms with Gasteiger partial charge < -0.3 is 10.4 Å². The molecular weight excluding hydrogens is 262 g/mol. The van der Waals surface area contributed by atoms with Gasteiger partial charge in [0, 0.05) is 12.5 Å². The molecule has 1 aliphatic rings. The van der Waals surface area contributed by atoms with E-state index < -0.39 is 0 Å². The van der Waals surface area contributed by atoms with Crippen LogP contribution >= 0.6 is 0 Å². The first-order valence-corrected chi connectivity index (χ1v) is 8.07. The number of nitrogens with one attached hydrogen (secondary N) is 1. The second kappa shape index (κ2) is 7.60. The number of hydrogen-bond acceptors (Lipinski definition) is 2. The van der Waals surface area contributed by atoms with Crippen molar-refractivity contribution >= 4 is 5.91 Å². The van der Waals surface area contributed by atoms with Gasteiger partial charge in [-0.05, 0) is 43.1 Å². The van der Waals surface area contributed by atoms with E-state index in [-0.39, 0.29) is 23.8 Å². The summed E-state index contributed by atoms with van der Waals surface area (Å²) in [7, 11) is 0. The first-order chi connectivity index (χ1) is 10.1. The fraction of sp³-hybridized carbons (Fsp3) is 0.611. The summed E-state index contributed by atoms with van der Waals surface area (Å²) in [4.78, 5) is 12.0. The minimum atomic E-state index is -0.356. The molecule has 0 saturated heterocycles. The Morgan fingerprint density at radius 3 is 2.67 bits per heavy atom. The lowest BCUT2D eigenvalue weighted by molar-refractivity contribution is -0.123. The van der Waals surface area contributed by atoms with Crippen molar-refractivity contribution in [3.63, 3.8) is 0 Å². The summed E-state index contributed by atoms with van der Waals surface area (Å²) in [5.41, 5.74) is 1.25. The van der Waals surface area contributed by atoms with E-state index in [4.69, 9.17) is 0 Å². The van der Waals surface area contributed by atoms with Crippen LogP contribution in [0, 0.1) is 17.8 Å². The highest BCUT2D eigenvalue weighted by atomic mass is 16.3. The SMILES string of the molecule is CC(C)CCNC(=O)C1CC1C(O)CCc1ccccc1. The molecule has 3 unspecified atom stereocenters. The minimum Gasteiger partial charge on any atom is -0.393 e. The summed E-state index contributed by atoms with van der Waals surface area (Å²) < 4.78 is 0. The van der Waals surface area contributed by atoms with Crippen LogP contribution in [0.15, 0.2) is 30.3 Å². The summed E-state index contributed by atoms with van der Waals surface area (Å²) in [6.45, 7) is 5.05. The molecule has 0 aromatic heterocycles. The van der Waals surface area contributed by atoms with E-state index in [1.165, 1.54) is 5.56 Å². The fourth-order valence-electron chi connectivity index (χ4n) is 2.73. The quantitative estimate of drug-likeness (QED) is 0.773. The summed E-state index contributed by atoms with van der Waals surface area (Å²) >= 11 is 0. The van der Waals surface area contributed by atoms with Crippen LogP contribution in [0.3, 0.4) is 0 Å². The van der Waals surface area contributed by atoms with Crippen LogP contribution < -0.4 is 5.32 Å². The fourth-order valence-corrected chi connectivity index (χ4v) is 2.73. The van der Waals surface area contributed by atoms with Gasteiger partial charge >= 0.3 is 0 Å². The first kappa shape index (κ1) is 16.0. The molecule has 2 N–H and O–H groups in total. The van der Waals surface area contributed by atoms with E-state index in [0.717, 1.165) is 32.2 Å². The van der Waals surface area contributed by atoms with Crippen molar-refractivity contribution in [1.82, 2.24) is 5.32 Å². The van der Waals surface area contributed by atoms with E-state index in [0.29, 0.717) is 5.92 Å². The van der Waals surface area contributed by atoms with Crippen LogP contribution in [0.4, 0.5) is 0 Å². The van der Waals surface area contributed by atoms with Crippen molar-refractivity contribution in [2.45, 2.75) is 45.6 Å². The predicted molar refractivity (Wildman–Crippen MR) is 84.8 cm³/mol. The highest BCUT2D eigenvalue weighted by Crippen LogP contribution is 2.42. The summed E-state index contributed by atoms with van der Waals surface area (Å²) in [6.07, 6.45) is 3.11. The van der Waals surface area contributed by atoms with E-state index in [2.05, 4.69) is 31.3 Å². The van der Waals surface area contributed by atoms with Crippen molar-refractivity contribution in [2.24, 2.45) is 17.8 Å². The number of amides is 1. The maximum atomic E-state index is 12.0. The molecular formula is C18H27NO2. The Kier molecular flexibility index (Phi) is 5.80. The molecule has 3 nitrogen and oxygen atoms in total. The second-order valence-electron chi connectivity index (χ2n) is 6.57. The molecule has 1 amide bonds. The van der Waals surface area contributed by atoms with Gasteiger partial charge in [-0.1, -0.05) is 44.2 Å². The third-order valence-electron chi connectivity index (χ3n) is 4.26. The van der Waals surface area contributed by atoms with Gasteiger partial charge in [0.1, 0.15) is 0 Å². The van der Waals surface area contributed by atoms with Gasteiger partial charge in [-0.2, -0.15) is 0 Å². The average molecular weight is 289 g/mol. The molecule has 3 heteroatoms. The number of benzene rings is 1. The van der Waals surface area contributed by atoms with E-state index in [1.54, 1.807) is 0 Å². The molecule has 0 spiro atoms. The predicted octanol–water partition coefficient (Wildman–Crippen LogP) is 2.78. The third-order valence-corrected chi connectivity index (χ3v) is 4.26. The van der Waals surface area contributed by atoms with Crippen LogP contribution in [-0.4, -0.2) is 23.7 Å². The second-order valence-corrected chi connectivity index (χ2v) is 6.57. The van der Waals surface area contributed by atoms with E-state index in [9.17, 15) is 9.90 Å². The third kappa shape index (κ3) is 5.16. The van der Waals surface area contributed by atoms with Gasteiger partial charge in [-0.15, -0.1) is 0 Å². The Morgan fingerprint density at radius 2 is 2.00 bits per heavy atom. The van der Waals surface area contributed by atoms with Crippen LogP contribution in [0.2, 0.25) is 0 Å². The van der Waals surface area contributed by atoms with E-state index in [1.807, 2.05) is 18.2 Å². The van der Waals surface area contributed by atoms with Crippen LogP contribution in [0.25, 0.3) is 0 Å². The molecule has 21 heavy (non-hydrogen) atoms. The maximum Gasteiger partial charge on any atom is 0.223 e. The molecule has 1 aliphatic carbocycles. The van der Waals surface area contributed by atoms with Crippen molar-refractivity contribution in [3.8, 4) is 0 Å². The van der Waals surface area contributed by atoms with Gasteiger partial charge in [0.15, 0.2) is 0 Å². The van der Waals surface area contributed by atoms with Gasteiger partial charge in [0.25, 0.3) is 0 Å². The lowest BCUT2D eigenvalue weighted by Crippen LogP contribution is -2.28. The number of aliphatic hydroxyl groups excluding tert-OH is 1. The Bertz CT molecular complexity index is 444. The van der Waals surface area contributed by atoms with Gasteiger partial charge in [0.05, 0.1) is 6.10 Å². The van der Waals surface area contributed by atoms with Crippen molar-refractivity contribution in [1.29, 1.82) is 0 Å². The normalized spacial score (nSPS) is 22.1. The topological polar surface area (TPSA) is 49.3 Å².